The lowest BCUT2D eigenvalue weighted by atomic mass is 10.1. The molecule has 4 nitrogen and oxygen atoms in total. The highest BCUT2D eigenvalue weighted by Crippen LogP contribution is 2.31. The Morgan fingerprint density at radius 3 is 2.76 bits per heavy atom. The maximum absolute atomic E-state index is 13.7. The third-order valence-corrected chi connectivity index (χ3v) is 3.22. The molecule has 0 bridgehead atoms. The molecule has 0 spiro atoms. The first-order chi connectivity index (χ1) is 10.0. The van der Waals surface area contributed by atoms with Crippen LogP contribution in [0.5, 0.6) is 11.5 Å². The van der Waals surface area contributed by atoms with Crippen LogP contribution >= 0.6 is 15.9 Å². The molecule has 0 atom stereocenters. The van der Waals surface area contributed by atoms with Crippen LogP contribution in [-0.4, -0.2) is 12.5 Å². The van der Waals surface area contributed by atoms with Crippen LogP contribution in [-0.2, 0) is 0 Å². The van der Waals surface area contributed by atoms with Crippen molar-refractivity contribution in [3.05, 3.63) is 52.3 Å². The van der Waals surface area contributed by atoms with Crippen LogP contribution in [0.3, 0.4) is 0 Å². The van der Waals surface area contributed by atoms with Gasteiger partial charge in [-0.15, -0.1) is 0 Å². The van der Waals surface area contributed by atoms with E-state index in [1.165, 1.54) is 18.2 Å². The molecule has 0 fully saturated rings. The van der Waals surface area contributed by atoms with Gasteiger partial charge in [-0.05, 0) is 43.3 Å². The number of ether oxygens (including phenoxy) is 1. The molecule has 110 valence electrons. The zero-order valence-corrected chi connectivity index (χ0v) is 12.9. The number of benzene rings is 2. The number of carbonyl (C=O) groups excluding carboxylic acids is 1. The molecule has 0 aromatic heterocycles. The van der Waals surface area contributed by atoms with Crippen molar-refractivity contribution in [2.24, 2.45) is 0 Å². The molecular formula is C15H14BrFN2O2. The van der Waals surface area contributed by atoms with Crippen LogP contribution in [0.4, 0.5) is 10.1 Å². The van der Waals surface area contributed by atoms with Crippen molar-refractivity contribution in [2.75, 3.05) is 12.3 Å². The molecule has 0 aliphatic carbocycles. The van der Waals surface area contributed by atoms with E-state index in [4.69, 9.17) is 10.5 Å². The minimum absolute atomic E-state index is 0.0316. The summed E-state index contributed by atoms with van der Waals surface area (Å²) in [4.78, 5) is 11.8. The lowest BCUT2D eigenvalue weighted by Gasteiger charge is -2.11. The van der Waals surface area contributed by atoms with Crippen LogP contribution in [0.15, 0.2) is 40.9 Å². The van der Waals surface area contributed by atoms with E-state index in [0.29, 0.717) is 22.3 Å². The summed E-state index contributed by atoms with van der Waals surface area (Å²) in [5.41, 5.74) is 6.53. The number of nitrogen functional groups attached to an aromatic ring is 1. The van der Waals surface area contributed by atoms with Gasteiger partial charge in [0.2, 0.25) is 0 Å². The van der Waals surface area contributed by atoms with E-state index < -0.39 is 5.82 Å². The molecular weight excluding hydrogens is 339 g/mol. The molecule has 0 radical (unpaired) electrons. The summed E-state index contributed by atoms with van der Waals surface area (Å²) >= 11 is 3.24. The first-order valence-corrected chi connectivity index (χ1v) is 7.11. The molecule has 2 rings (SSSR count). The zero-order chi connectivity index (χ0) is 15.4. The Hall–Kier alpha value is -2.08. The summed E-state index contributed by atoms with van der Waals surface area (Å²) in [5.74, 6) is -0.488. The minimum Gasteiger partial charge on any atom is -0.452 e. The van der Waals surface area contributed by atoms with E-state index in [9.17, 15) is 9.18 Å². The van der Waals surface area contributed by atoms with Gasteiger partial charge in [0.25, 0.3) is 5.91 Å². The number of nitrogens with one attached hydrogen (secondary N) is 1. The quantitative estimate of drug-likeness (QED) is 0.824. The normalized spacial score (nSPS) is 10.2. The molecule has 0 unspecified atom stereocenters. The van der Waals surface area contributed by atoms with E-state index in [1.807, 2.05) is 6.92 Å². The van der Waals surface area contributed by atoms with E-state index in [-0.39, 0.29) is 17.4 Å². The van der Waals surface area contributed by atoms with Crippen molar-refractivity contribution >= 4 is 27.5 Å². The van der Waals surface area contributed by atoms with E-state index in [0.717, 1.165) is 0 Å². The third-order valence-electron chi connectivity index (χ3n) is 2.73. The lowest BCUT2D eigenvalue weighted by Crippen LogP contribution is -2.22. The average Bonchev–Trinajstić information content (AvgIpc) is 2.45. The molecule has 1 amide bonds. The summed E-state index contributed by atoms with van der Waals surface area (Å²) in [5, 5.41) is 2.68. The fourth-order valence-electron chi connectivity index (χ4n) is 1.70. The van der Waals surface area contributed by atoms with Gasteiger partial charge in [0.05, 0.1) is 5.69 Å². The second-order valence-corrected chi connectivity index (χ2v) is 5.20. The Labute approximate surface area is 130 Å². The van der Waals surface area contributed by atoms with Crippen LogP contribution in [0.1, 0.15) is 17.3 Å². The number of rotatable bonds is 4. The fraction of sp³-hybridized carbons (Fsp3) is 0.133. The Kier molecular flexibility index (Phi) is 4.80. The molecule has 0 aliphatic rings. The number of anilines is 1. The maximum Gasteiger partial charge on any atom is 0.251 e. The number of halogens is 2. The van der Waals surface area contributed by atoms with Gasteiger partial charge >= 0.3 is 0 Å². The van der Waals surface area contributed by atoms with Crippen LogP contribution in [0.25, 0.3) is 0 Å². The Balaban J connectivity index is 2.33. The Morgan fingerprint density at radius 2 is 2.05 bits per heavy atom. The van der Waals surface area contributed by atoms with Gasteiger partial charge < -0.3 is 15.8 Å². The molecule has 3 N–H and O–H groups in total. The van der Waals surface area contributed by atoms with Crippen molar-refractivity contribution in [2.45, 2.75) is 6.92 Å². The largest absolute Gasteiger partial charge is 0.452 e. The van der Waals surface area contributed by atoms with Crippen LogP contribution < -0.4 is 15.8 Å². The molecule has 21 heavy (non-hydrogen) atoms. The third kappa shape index (κ3) is 3.72. The summed E-state index contributed by atoms with van der Waals surface area (Å²) in [6, 6.07) is 8.97. The van der Waals surface area contributed by atoms with E-state index >= 15 is 0 Å². The van der Waals surface area contributed by atoms with Crippen molar-refractivity contribution in [3.63, 3.8) is 0 Å². The van der Waals surface area contributed by atoms with Crippen molar-refractivity contribution in [1.82, 2.24) is 5.32 Å². The van der Waals surface area contributed by atoms with Crippen LogP contribution in [0, 0.1) is 5.82 Å². The molecule has 0 heterocycles. The smallest absolute Gasteiger partial charge is 0.251 e. The van der Waals surface area contributed by atoms with Gasteiger partial charge in [-0.2, -0.15) is 0 Å². The first kappa shape index (κ1) is 15.3. The maximum atomic E-state index is 13.7. The second kappa shape index (κ2) is 6.58. The number of hydrogen-bond donors (Lipinski definition) is 2. The highest BCUT2D eigenvalue weighted by Gasteiger charge is 2.11. The monoisotopic (exact) mass is 352 g/mol. The topological polar surface area (TPSA) is 64.4 Å². The zero-order valence-electron chi connectivity index (χ0n) is 11.3. The fourth-order valence-corrected chi connectivity index (χ4v) is 2.04. The van der Waals surface area contributed by atoms with Gasteiger partial charge in [0, 0.05) is 16.6 Å². The molecule has 2 aromatic carbocycles. The van der Waals surface area contributed by atoms with Gasteiger partial charge in [0.15, 0.2) is 17.3 Å². The summed E-state index contributed by atoms with van der Waals surface area (Å²) in [6.45, 7) is 2.34. The van der Waals surface area contributed by atoms with Crippen LogP contribution in [0.2, 0.25) is 0 Å². The molecule has 0 aliphatic heterocycles. The van der Waals surface area contributed by atoms with Crippen molar-refractivity contribution in [3.8, 4) is 11.5 Å². The second-order valence-electron chi connectivity index (χ2n) is 4.29. The number of carbonyl (C=O) groups is 1. The minimum atomic E-state index is -0.513. The Morgan fingerprint density at radius 1 is 1.29 bits per heavy atom. The van der Waals surface area contributed by atoms with Gasteiger partial charge in [-0.25, -0.2) is 4.39 Å². The molecule has 2 aromatic rings. The van der Waals surface area contributed by atoms with Gasteiger partial charge in [-0.1, -0.05) is 15.9 Å². The van der Waals surface area contributed by atoms with Gasteiger partial charge in [0.1, 0.15) is 0 Å². The van der Waals surface area contributed by atoms with Gasteiger partial charge in [-0.3, -0.25) is 4.79 Å². The van der Waals surface area contributed by atoms with E-state index in [2.05, 4.69) is 21.2 Å². The summed E-state index contributed by atoms with van der Waals surface area (Å²) in [6.07, 6.45) is 0. The average molecular weight is 353 g/mol. The van der Waals surface area contributed by atoms with Crippen molar-refractivity contribution in [1.29, 1.82) is 0 Å². The number of nitrogens with two attached hydrogens (primary N) is 1. The molecule has 0 saturated heterocycles. The Bertz CT molecular complexity index is 677. The predicted octanol–water partition coefficient (Wildman–Crippen LogP) is 3.71. The summed E-state index contributed by atoms with van der Waals surface area (Å²) < 4.78 is 19.9. The molecule has 0 saturated carbocycles. The lowest BCUT2D eigenvalue weighted by molar-refractivity contribution is 0.0955. The summed E-state index contributed by atoms with van der Waals surface area (Å²) in [7, 11) is 0. The van der Waals surface area contributed by atoms with E-state index in [1.54, 1.807) is 18.2 Å². The SMILES string of the molecule is CCNC(=O)c1ccc(N)c(Oc2cc(Br)ccc2F)c1. The predicted molar refractivity (Wildman–Crippen MR) is 83.0 cm³/mol. The highest BCUT2D eigenvalue weighted by atomic mass is 79.9. The van der Waals surface area contributed by atoms with Crippen molar-refractivity contribution < 1.29 is 13.9 Å². The number of amides is 1. The highest BCUT2D eigenvalue weighted by molar-refractivity contribution is 9.10. The molecule has 6 heteroatoms. The first-order valence-electron chi connectivity index (χ1n) is 6.32. The standard InChI is InChI=1S/C15H14BrFN2O2/c1-2-19-15(20)9-3-6-12(18)14(7-9)21-13-8-10(16)4-5-11(13)17/h3-8H,2,18H2,1H3,(H,19,20). The number of hydrogen-bond acceptors (Lipinski definition) is 3.